The predicted octanol–water partition coefficient (Wildman–Crippen LogP) is 4.11. The topological polar surface area (TPSA) is 97.4 Å². The van der Waals surface area contributed by atoms with Gasteiger partial charge < -0.3 is 10.1 Å². The predicted molar refractivity (Wildman–Crippen MR) is 115 cm³/mol. The fourth-order valence-corrected chi connectivity index (χ4v) is 3.68. The van der Waals surface area contributed by atoms with E-state index in [0.717, 1.165) is 11.6 Å². The van der Waals surface area contributed by atoms with Crippen LogP contribution in [0.4, 0.5) is 18.9 Å². The monoisotopic (exact) mass is 477 g/mol. The molecule has 0 fully saturated rings. The molecule has 0 atom stereocenters. The first-order valence-corrected chi connectivity index (χ1v) is 10.9. The zero-order valence-corrected chi connectivity index (χ0v) is 17.7. The van der Waals surface area contributed by atoms with Gasteiger partial charge in [0.25, 0.3) is 0 Å². The SMILES string of the molecule is O=C(/C=C/c1ccncc1)Nc1ccc(S(=O)(=O)NCc2ccccc2OC(F)(F)F)cc1. The van der Waals surface area contributed by atoms with Gasteiger partial charge >= 0.3 is 6.36 Å². The van der Waals surface area contributed by atoms with Crippen LogP contribution in [-0.2, 0) is 21.4 Å². The molecule has 3 rings (SSSR count). The summed E-state index contributed by atoms with van der Waals surface area (Å²) in [7, 11) is -4.03. The molecule has 0 radical (unpaired) electrons. The van der Waals surface area contributed by atoms with Crippen molar-refractivity contribution >= 4 is 27.7 Å². The zero-order chi connectivity index (χ0) is 23.9. The van der Waals surface area contributed by atoms with Crippen molar-refractivity contribution in [2.45, 2.75) is 17.8 Å². The van der Waals surface area contributed by atoms with Gasteiger partial charge in [-0.3, -0.25) is 9.78 Å². The van der Waals surface area contributed by atoms with Gasteiger partial charge in [0, 0.05) is 36.3 Å². The van der Waals surface area contributed by atoms with Crippen molar-refractivity contribution in [1.29, 1.82) is 0 Å². The number of amides is 1. The van der Waals surface area contributed by atoms with Gasteiger partial charge in [0.1, 0.15) is 5.75 Å². The van der Waals surface area contributed by atoms with Gasteiger partial charge in [0.05, 0.1) is 4.90 Å². The van der Waals surface area contributed by atoms with Crippen molar-refractivity contribution in [1.82, 2.24) is 9.71 Å². The number of hydrogen-bond donors (Lipinski definition) is 2. The van der Waals surface area contributed by atoms with Crippen molar-refractivity contribution < 1.29 is 31.1 Å². The van der Waals surface area contributed by atoms with Gasteiger partial charge in [-0.2, -0.15) is 0 Å². The number of anilines is 1. The molecule has 0 spiro atoms. The second-order valence-corrected chi connectivity index (χ2v) is 8.37. The van der Waals surface area contributed by atoms with E-state index in [1.165, 1.54) is 48.5 Å². The number of para-hydroxylation sites is 1. The summed E-state index contributed by atoms with van der Waals surface area (Å²) in [6, 6.07) is 14.0. The fourth-order valence-electron chi connectivity index (χ4n) is 2.68. The number of ether oxygens (including phenoxy) is 1. The fraction of sp³-hybridized carbons (Fsp3) is 0.0909. The lowest BCUT2D eigenvalue weighted by atomic mass is 10.2. The number of alkyl halides is 3. The van der Waals surface area contributed by atoms with Gasteiger partial charge in [-0.1, -0.05) is 18.2 Å². The van der Waals surface area contributed by atoms with E-state index >= 15 is 0 Å². The summed E-state index contributed by atoms with van der Waals surface area (Å²) < 4.78 is 68.8. The average molecular weight is 477 g/mol. The van der Waals surface area contributed by atoms with Crippen molar-refractivity contribution in [3.05, 3.63) is 90.3 Å². The minimum Gasteiger partial charge on any atom is -0.405 e. The standard InChI is InChI=1S/C22H18F3N3O4S/c23-22(24,25)32-20-4-2-1-3-17(20)15-27-33(30,31)19-8-6-18(7-9-19)28-21(29)10-5-16-11-13-26-14-12-16/h1-14,27H,15H2,(H,28,29)/b10-5+. The lowest BCUT2D eigenvalue weighted by Gasteiger charge is -2.14. The summed E-state index contributed by atoms with van der Waals surface area (Å²) in [5, 5.41) is 2.60. The normalized spacial score (nSPS) is 12.0. The van der Waals surface area contributed by atoms with Crippen molar-refractivity contribution in [3.8, 4) is 5.75 Å². The summed E-state index contributed by atoms with van der Waals surface area (Å²) >= 11 is 0. The van der Waals surface area contributed by atoms with E-state index in [9.17, 15) is 26.4 Å². The quantitative estimate of drug-likeness (QED) is 0.476. The van der Waals surface area contributed by atoms with Crippen LogP contribution in [-0.4, -0.2) is 25.7 Å². The maximum Gasteiger partial charge on any atom is 0.573 e. The lowest BCUT2D eigenvalue weighted by Crippen LogP contribution is -2.24. The van der Waals surface area contributed by atoms with Gasteiger partial charge in [-0.05, 0) is 54.1 Å². The maximum absolute atomic E-state index is 12.5. The largest absolute Gasteiger partial charge is 0.573 e. The van der Waals surface area contributed by atoms with Crippen LogP contribution in [0.15, 0.2) is 84.0 Å². The van der Waals surface area contributed by atoms with E-state index in [0.29, 0.717) is 5.69 Å². The Kier molecular flexibility index (Phi) is 7.46. The molecule has 0 bridgehead atoms. The third-order valence-corrected chi connectivity index (χ3v) is 5.63. The van der Waals surface area contributed by atoms with Crippen molar-refractivity contribution in [2.75, 3.05) is 5.32 Å². The molecule has 2 aromatic carbocycles. The molecule has 1 amide bonds. The lowest BCUT2D eigenvalue weighted by molar-refractivity contribution is -0.274. The van der Waals surface area contributed by atoms with E-state index in [4.69, 9.17) is 0 Å². The van der Waals surface area contributed by atoms with Gasteiger partial charge in [0.2, 0.25) is 15.9 Å². The number of pyridine rings is 1. The Balaban J connectivity index is 1.62. The van der Waals surface area contributed by atoms with E-state index in [1.54, 1.807) is 30.6 Å². The highest BCUT2D eigenvalue weighted by atomic mass is 32.2. The molecule has 0 aliphatic heterocycles. The summed E-state index contributed by atoms with van der Waals surface area (Å²) in [5.41, 5.74) is 1.17. The van der Waals surface area contributed by atoms with Crippen LogP contribution >= 0.6 is 0 Å². The maximum atomic E-state index is 12.5. The molecule has 0 aliphatic rings. The zero-order valence-electron chi connectivity index (χ0n) is 16.9. The summed E-state index contributed by atoms with van der Waals surface area (Å²) in [5.74, 6) is -0.910. The molecular formula is C22H18F3N3O4S. The molecule has 0 aliphatic carbocycles. The summed E-state index contributed by atoms with van der Waals surface area (Å²) in [4.78, 5) is 15.8. The number of carbonyl (C=O) groups excluding carboxylic acids is 1. The highest BCUT2D eigenvalue weighted by molar-refractivity contribution is 7.89. The van der Waals surface area contributed by atoms with Crippen LogP contribution in [0, 0.1) is 0 Å². The Labute approximate surface area is 188 Å². The van der Waals surface area contributed by atoms with E-state index in [-0.39, 0.29) is 10.5 Å². The van der Waals surface area contributed by atoms with Gasteiger partial charge in [-0.25, -0.2) is 13.1 Å². The molecule has 1 heterocycles. The Morgan fingerprint density at radius 2 is 1.67 bits per heavy atom. The molecule has 7 nitrogen and oxygen atoms in total. The molecule has 0 saturated carbocycles. The van der Waals surface area contributed by atoms with Crippen LogP contribution in [0.3, 0.4) is 0 Å². The molecule has 11 heteroatoms. The van der Waals surface area contributed by atoms with Crippen molar-refractivity contribution in [2.24, 2.45) is 0 Å². The number of carbonyl (C=O) groups is 1. The molecule has 33 heavy (non-hydrogen) atoms. The van der Waals surface area contributed by atoms with E-state index in [1.807, 2.05) is 0 Å². The Morgan fingerprint density at radius 3 is 2.33 bits per heavy atom. The van der Waals surface area contributed by atoms with E-state index in [2.05, 4.69) is 19.8 Å². The smallest absolute Gasteiger partial charge is 0.405 e. The number of benzene rings is 2. The van der Waals surface area contributed by atoms with Crippen LogP contribution < -0.4 is 14.8 Å². The third kappa shape index (κ3) is 7.44. The van der Waals surface area contributed by atoms with Gasteiger partial charge in [0.15, 0.2) is 0 Å². The number of nitrogens with zero attached hydrogens (tertiary/aromatic N) is 1. The van der Waals surface area contributed by atoms with Crippen LogP contribution in [0.5, 0.6) is 5.75 Å². The first kappa shape index (κ1) is 24.0. The summed E-state index contributed by atoms with van der Waals surface area (Å²) in [6.45, 7) is -0.410. The average Bonchev–Trinajstić information content (AvgIpc) is 2.77. The second kappa shape index (κ2) is 10.3. The van der Waals surface area contributed by atoms with Crippen molar-refractivity contribution in [3.63, 3.8) is 0 Å². The number of nitrogens with one attached hydrogen (secondary N) is 2. The molecule has 0 unspecified atom stereocenters. The number of sulfonamides is 1. The minimum atomic E-state index is -4.90. The Hall–Kier alpha value is -3.70. The van der Waals surface area contributed by atoms with Gasteiger partial charge in [-0.15, -0.1) is 13.2 Å². The van der Waals surface area contributed by atoms with E-state index < -0.39 is 34.6 Å². The molecule has 0 saturated heterocycles. The number of rotatable bonds is 8. The molecule has 172 valence electrons. The first-order valence-electron chi connectivity index (χ1n) is 9.45. The molecular weight excluding hydrogens is 459 g/mol. The summed E-state index contributed by atoms with van der Waals surface area (Å²) in [6.07, 6.45) is 1.20. The third-order valence-electron chi connectivity index (χ3n) is 4.22. The highest BCUT2D eigenvalue weighted by Crippen LogP contribution is 2.26. The Morgan fingerprint density at radius 1 is 1.00 bits per heavy atom. The highest BCUT2D eigenvalue weighted by Gasteiger charge is 2.32. The number of halogens is 3. The second-order valence-electron chi connectivity index (χ2n) is 6.61. The van der Waals surface area contributed by atoms with Crippen LogP contribution in [0.2, 0.25) is 0 Å². The molecule has 1 aromatic heterocycles. The number of aromatic nitrogens is 1. The molecule has 3 aromatic rings. The first-order chi connectivity index (χ1) is 15.6. The van der Waals surface area contributed by atoms with Crippen LogP contribution in [0.1, 0.15) is 11.1 Å². The Bertz CT molecular complexity index is 1230. The minimum absolute atomic E-state index is 0.0169. The van der Waals surface area contributed by atoms with Crippen LogP contribution in [0.25, 0.3) is 6.08 Å². The molecule has 2 N–H and O–H groups in total. The number of hydrogen-bond acceptors (Lipinski definition) is 5.